The molecule has 96 valence electrons. The van der Waals surface area contributed by atoms with Crippen molar-refractivity contribution in [3.63, 3.8) is 0 Å². The van der Waals surface area contributed by atoms with Crippen LogP contribution in [0.1, 0.15) is 37.3 Å². The van der Waals surface area contributed by atoms with Crippen molar-refractivity contribution < 1.29 is 9.53 Å². The van der Waals surface area contributed by atoms with Gasteiger partial charge in [-0.1, -0.05) is 18.5 Å². The predicted octanol–water partition coefficient (Wildman–Crippen LogP) is 3.58. The van der Waals surface area contributed by atoms with E-state index in [1.54, 1.807) is 0 Å². The summed E-state index contributed by atoms with van der Waals surface area (Å²) in [4.78, 5) is 11.5. The van der Waals surface area contributed by atoms with Gasteiger partial charge < -0.3 is 4.74 Å². The molecule has 0 amide bonds. The molecule has 3 rings (SSSR count). The second kappa shape index (κ2) is 4.27. The Hall–Kier alpha value is -1.02. The standard InChI is InChI=1S/C15H17ClO2/c1-15(4-2-13(17)9-15)8-11-7-12(16)6-10-3-5-18-14(10)11/h6-7H,2-5,8-9H2,1H3. The van der Waals surface area contributed by atoms with E-state index in [9.17, 15) is 4.79 Å². The molecule has 0 radical (unpaired) electrons. The minimum Gasteiger partial charge on any atom is -0.493 e. The molecule has 1 fully saturated rings. The summed E-state index contributed by atoms with van der Waals surface area (Å²) >= 11 is 6.17. The van der Waals surface area contributed by atoms with Crippen molar-refractivity contribution in [2.45, 2.75) is 39.0 Å². The number of rotatable bonds is 2. The van der Waals surface area contributed by atoms with Gasteiger partial charge in [-0.15, -0.1) is 0 Å². The van der Waals surface area contributed by atoms with Crippen molar-refractivity contribution in [3.8, 4) is 5.75 Å². The van der Waals surface area contributed by atoms with Gasteiger partial charge >= 0.3 is 0 Å². The first-order chi connectivity index (χ1) is 8.56. The molecule has 1 heterocycles. The van der Waals surface area contributed by atoms with Crippen molar-refractivity contribution in [1.29, 1.82) is 0 Å². The summed E-state index contributed by atoms with van der Waals surface area (Å²) in [6.07, 6.45) is 4.22. The molecule has 1 aromatic carbocycles. The Morgan fingerprint density at radius 3 is 2.94 bits per heavy atom. The number of hydrogen-bond donors (Lipinski definition) is 0. The molecule has 0 bridgehead atoms. The van der Waals surface area contributed by atoms with Crippen LogP contribution in [0.4, 0.5) is 0 Å². The lowest BCUT2D eigenvalue weighted by Gasteiger charge is -2.23. The molecule has 1 aliphatic heterocycles. The first-order valence-corrected chi connectivity index (χ1v) is 6.89. The van der Waals surface area contributed by atoms with Gasteiger partial charge in [-0.25, -0.2) is 0 Å². The summed E-state index contributed by atoms with van der Waals surface area (Å²) in [5.74, 6) is 1.40. The monoisotopic (exact) mass is 264 g/mol. The zero-order valence-corrected chi connectivity index (χ0v) is 11.3. The van der Waals surface area contributed by atoms with Gasteiger partial charge in [0.2, 0.25) is 0 Å². The number of benzene rings is 1. The van der Waals surface area contributed by atoms with Crippen LogP contribution in [0.2, 0.25) is 5.02 Å². The summed E-state index contributed by atoms with van der Waals surface area (Å²) in [5, 5.41) is 0.780. The van der Waals surface area contributed by atoms with E-state index in [1.165, 1.54) is 11.1 Å². The first kappa shape index (κ1) is 12.0. The average Bonchev–Trinajstić information content (AvgIpc) is 2.85. The number of Topliss-reactive ketones (excluding diaryl/α,β-unsaturated/α-hetero) is 1. The van der Waals surface area contributed by atoms with Crippen LogP contribution in [0.3, 0.4) is 0 Å². The van der Waals surface area contributed by atoms with E-state index in [1.807, 2.05) is 12.1 Å². The van der Waals surface area contributed by atoms with Crippen molar-refractivity contribution >= 4 is 17.4 Å². The molecule has 2 aliphatic rings. The molecular formula is C15H17ClO2. The van der Waals surface area contributed by atoms with E-state index >= 15 is 0 Å². The molecule has 1 aliphatic carbocycles. The van der Waals surface area contributed by atoms with Crippen LogP contribution in [-0.4, -0.2) is 12.4 Å². The van der Waals surface area contributed by atoms with Gasteiger partial charge in [-0.3, -0.25) is 4.79 Å². The highest BCUT2D eigenvalue weighted by molar-refractivity contribution is 6.30. The molecule has 0 spiro atoms. The highest BCUT2D eigenvalue weighted by Crippen LogP contribution is 2.42. The van der Waals surface area contributed by atoms with Crippen LogP contribution in [-0.2, 0) is 17.6 Å². The summed E-state index contributed by atoms with van der Waals surface area (Å²) in [5.41, 5.74) is 2.47. The molecule has 3 heteroatoms. The third kappa shape index (κ3) is 2.14. The fourth-order valence-corrected chi connectivity index (χ4v) is 3.45. The summed E-state index contributed by atoms with van der Waals surface area (Å²) in [7, 11) is 0. The molecular weight excluding hydrogens is 248 g/mol. The molecule has 0 N–H and O–H groups in total. The Bertz CT molecular complexity index is 509. The Labute approximate surface area is 112 Å². The van der Waals surface area contributed by atoms with Crippen LogP contribution >= 0.6 is 11.6 Å². The number of halogens is 1. The van der Waals surface area contributed by atoms with Crippen molar-refractivity contribution in [2.24, 2.45) is 5.41 Å². The molecule has 1 saturated carbocycles. The molecule has 18 heavy (non-hydrogen) atoms. The minimum absolute atomic E-state index is 0.0848. The number of fused-ring (bicyclic) bond motifs is 1. The predicted molar refractivity (Wildman–Crippen MR) is 71.3 cm³/mol. The van der Waals surface area contributed by atoms with Gasteiger partial charge in [0.1, 0.15) is 11.5 Å². The van der Waals surface area contributed by atoms with Crippen molar-refractivity contribution in [1.82, 2.24) is 0 Å². The third-order valence-corrected chi connectivity index (χ3v) is 4.29. The van der Waals surface area contributed by atoms with Crippen LogP contribution in [0.5, 0.6) is 5.75 Å². The molecule has 1 atom stereocenters. The van der Waals surface area contributed by atoms with Crippen LogP contribution < -0.4 is 4.74 Å². The quantitative estimate of drug-likeness (QED) is 0.816. The number of carbonyl (C=O) groups is 1. The lowest BCUT2D eigenvalue weighted by molar-refractivity contribution is -0.117. The Morgan fingerprint density at radius 2 is 2.22 bits per heavy atom. The summed E-state index contributed by atoms with van der Waals surface area (Å²) < 4.78 is 5.72. The number of ketones is 1. The molecule has 0 aromatic heterocycles. The van der Waals surface area contributed by atoms with Gasteiger partial charge in [-0.05, 0) is 41.5 Å². The second-order valence-corrected chi connectivity index (χ2v) is 6.29. The minimum atomic E-state index is 0.0848. The maximum atomic E-state index is 11.5. The maximum Gasteiger partial charge on any atom is 0.133 e. The smallest absolute Gasteiger partial charge is 0.133 e. The Kier molecular flexibility index (Phi) is 2.86. The number of ether oxygens (including phenoxy) is 1. The largest absolute Gasteiger partial charge is 0.493 e. The Balaban J connectivity index is 1.91. The normalized spacial score (nSPS) is 26.2. The van der Waals surface area contributed by atoms with E-state index in [0.717, 1.165) is 43.1 Å². The second-order valence-electron chi connectivity index (χ2n) is 5.85. The number of carbonyl (C=O) groups excluding carboxylic acids is 1. The van der Waals surface area contributed by atoms with Gasteiger partial charge in [0, 0.05) is 24.3 Å². The SMILES string of the molecule is CC1(Cc2cc(Cl)cc3c2OCC3)CCC(=O)C1. The lowest BCUT2D eigenvalue weighted by Crippen LogP contribution is -2.16. The van der Waals surface area contributed by atoms with Crippen LogP contribution in [0.25, 0.3) is 0 Å². The van der Waals surface area contributed by atoms with E-state index in [0.29, 0.717) is 12.2 Å². The van der Waals surface area contributed by atoms with Crippen molar-refractivity contribution in [3.05, 3.63) is 28.3 Å². The molecule has 0 saturated heterocycles. The molecule has 1 unspecified atom stereocenters. The van der Waals surface area contributed by atoms with E-state index < -0.39 is 0 Å². The maximum absolute atomic E-state index is 11.5. The van der Waals surface area contributed by atoms with Crippen LogP contribution in [0, 0.1) is 5.41 Å². The Morgan fingerprint density at radius 1 is 1.39 bits per heavy atom. The van der Waals surface area contributed by atoms with E-state index in [2.05, 4.69) is 6.92 Å². The first-order valence-electron chi connectivity index (χ1n) is 6.52. The third-order valence-electron chi connectivity index (χ3n) is 4.07. The molecule has 1 aromatic rings. The highest BCUT2D eigenvalue weighted by Gasteiger charge is 2.35. The fraction of sp³-hybridized carbons (Fsp3) is 0.533. The van der Waals surface area contributed by atoms with Gasteiger partial charge in [0.15, 0.2) is 0 Å². The van der Waals surface area contributed by atoms with E-state index in [-0.39, 0.29) is 5.41 Å². The average molecular weight is 265 g/mol. The number of hydrogen-bond acceptors (Lipinski definition) is 2. The fourth-order valence-electron chi connectivity index (χ4n) is 3.18. The highest BCUT2D eigenvalue weighted by atomic mass is 35.5. The van der Waals surface area contributed by atoms with Gasteiger partial charge in [-0.2, -0.15) is 0 Å². The summed E-state index contributed by atoms with van der Waals surface area (Å²) in [6, 6.07) is 4.00. The topological polar surface area (TPSA) is 26.3 Å². The van der Waals surface area contributed by atoms with Gasteiger partial charge in [0.05, 0.1) is 6.61 Å². The van der Waals surface area contributed by atoms with Gasteiger partial charge in [0.25, 0.3) is 0 Å². The van der Waals surface area contributed by atoms with Crippen molar-refractivity contribution in [2.75, 3.05) is 6.61 Å². The van der Waals surface area contributed by atoms with E-state index in [4.69, 9.17) is 16.3 Å². The summed E-state index contributed by atoms with van der Waals surface area (Å²) in [6.45, 7) is 2.94. The van der Waals surface area contributed by atoms with Crippen LogP contribution in [0.15, 0.2) is 12.1 Å². The zero-order chi connectivity index (χ0) is 12.8. The molecule has 2 nitrogen and oxygen atoms in total. The lowest BCUT2D eigenvalue weighted by atomic mass is 9.81. The zero-order valence-electron chi connectivity index (χ0n) is 10.6.